The number of carbonyl (C=O) groups is 2. The number of methoxy groups -OCH3 is 2. The fourth-order valence-electron chi connectivity index (χ4n) is 6.65. The highest BCUT2D eigenvalue weighted by molar-refractivity contribution is 7.89. The third kappa shape index (κ3) is 9.79. The van der Waals surface area contributed by atoms with E-state index in [4.69, 9.17) is 18.9 Å². The van der Waals surface area contributed by atoms with Gasteiger partial charge in [-0.15, -0.1) is 0 Å². The smallest absolute Gasteiger partial charge is 0.323 e. The molecule has 6 rings (SSSR count). The van der Waals surface area contributed by atoms with E-state index < -0.39 is 64.6 Å². The summed E-state index contributed by atoms with van der Waals surface area (Å²) < 4.78 is 50.6. The number of ether oxygens (including phenoxy) is 4. The molecule has 1 aliphatic heterocycles. The molecule has 1 saturated heterocycles. The van der Waals surface area contributed by atoms with Crippen LogP contribution in [0.25, 0.3) is 10.8 Å². The van der Waals surface area contributed by atoms with E-state index in [0.717, 1.165) is 0 Å². The van der Waals surface area contributed by atoms with Gasteiger partial charge in [-0.3, -0.25) is 4.79 Å². The van der Waals surface area contributed by atoms with Crippen molar-refractivity contribution in [3.05, 3.63) is 96.2 Å². The molecule has 324 valence electrons. The van der Waals surface area contributed by atoms with Crippen LogP contribution in [0.1, 0.15) is 36.7 Å². The van der Waals surface area contributed by atoms with Crippen LogP contribution in [0, 0.1) is 0 Å². The van der Waals surface area contributed by atoms with Crippen molar-refractivity contribution >= 4 is 55.6 Å². The molecular formula is C42H48N6O12S. The van der Waals surface area contributed by atoms with Gasteiger partial charge in [-0.1, -0.05) is 45.0 Å². The molecule has 19 heteroatoms. The number of hydrogen-bond acceptors (Lipinski definition) is 14. The van der Waals surface area contributed by atoms with E-state index in [1.54, 1.807) is 42.5 Å². The van der Waals surface area contributed by atoms with E-state index in [-0.39, 0.29) is 27.6 Å². The molecule has 9 N–H and O–H groups in total. The van der Waals surface area contributed by atoms with Crippen molar-refractivity contribution in [2.75, 3.05) is 43.8 Å². The lowest BCUT2D eigenvalue weighted by atomic mass is 9.86. The normalized spacial score (nSPS) is 19.1. The van der Waals surface area contributed by atoms with Gasteiger partial charge in [0.05, 0.1) is 37.8 Å². The second kappa shape index (κ2) is 18.3. The number of nitrogens with one attached hydrogen (secondary N) is 5. The second-order valence-corrected chi connectivity index (χ2v) is 16.9. The second-order valence-electron chi connectivity index (χ2n) is 15.0. The number of rotatable bonds is 13. The molecule has 5 atom stereocenters. The molecule has 18 nitrogen and oxygen atoms in total. The van der Waals surface area contributed by atoms with E-state index in [1.807, 2.05) is 45.0 Å². The summed E-state index contributed by atoms with van der Waals surface area (Å²) >= 11 is 0. The molecule has 0 bridgehead atoms. The van der Waals surface area contributed by atoms with E-state index >= 15 is 0 Å². The molecule has 0 radical (unpaired) electrons. The standard InChI is InChI=1S/C42H48N6O12S/c1-42(2,3)22-17-29(38(58-6)33(18-22)61(55,56)43-4)47-41(54)46-28-13-14-30(26-10-8-7-9-25(26)28)59-24-15-16-44-34(20-24)45-23-11-12-27(31(19-23)57-5)39(52)48-35-37(51)36(50)32(21-49)60-40(35)53/h7-20,32,35-37,40,43,49-51,53H,21H2,1-6H3,(H,44,45)(H,48,52)(H2,46,47,54)/t32-,35-,36-,37-,40?/m1/s1. The number of carbonyl (C=O) groups excluding carboxylic acids is 2. The van der Waals surface area contributed by atoms with Gasteiger partial charge < -0.3 is 60.6 Å². The molecule has 0 saturated carbocycles. The number of hydrogen-bond donors (Lipinski definition) is 9. The molecule has 1 unspecified atom stereocenters. The predicted molar refractivity (Wildman–Crippen MR) is 226 cm³/mol. The summed E-state index contributed by atoms with van der Waals surface area (Å²) in [5.74, 6) is 0.656. The van der Waals surface area contributed by atoms with Crippen LogP contribution in [0.3, 0.4) is 0 Å². The molecule has 2 heterocycles. The molecule has 1 aliphatic rings. The van der Waals surface area contributed by atoms with Gasteiger partial charge in [0.2, 0.25) is 10.0 Å². The molecule has 1 aromatic heterocycles. The first-order chi connectivity index (χ1) is 29.0. The minimum Gasteiger partial charge on any atom is -0.496 e. The van der Waals surface area contributed by atoms with Crippen molar-refractivity contribution in [1.82, 2.24) is 15.0 Å². The maximum Gasteiger partial charge on any atom is 0.323 e. The van der Waals surface area contributed by atoms with Gasteiger partial charge in [0, 0.05) is 34.8 Å². The lowest BCUT2D eigenvalue weighted by Crippen LogP contribution is -2.64. The van der Waals surface area contributed by atoms with Crippen molar-refractivity contribution < 1.29 is 57.4 Å². The Bertz CT molecular complexity index is 2530. The molecule has 4 aromatic carbocycles. The van der Waals surface area contributed by atoms with E-state index in [2.05, 4.69) is 31.0 Å². The minimum absolute atomic E-state index is 0.0226. The van der Waals surface area contributed by atoms with E-state index in [1.165, 1.54) is 39.6 Å². The number of aromatic nitrogens is 1. The molecule has 5 aromatic rings. The monoisotopic (exact) mass is 860 g/mol. The summed E-state index contributed by atoms with van der Waals surface area (Å²) in [5, 5.41) is 52.9. The topological polar surface area (TPSA) is 259 Å². The van der Waals surface area contributed by atoms with Gasteiger partial charge in [0.15, 0.2) is 12.0 Å². The Balaban J connectivity index is 1.18. The number of sulfonamides is 1. The molecule has 1 fully saturated rings. The quantitative estimate of drug-likeness (QED) is 0.0806. The largest absolute Gasteiger partial charge is 0.496 e. The SMILES string of the molecule is CNS(=O)(=O)c1cc(C(C)(C)C)cc(NC(=O)Nc2ccc(Oc3ccnc(Nc4ccc(C(=O)N[C@H]5C(O)O[C@H](CO)[C@@H](O)[C@@H]5O)c(OC)c4)c3)c3ccccc23)c1OC. The number of nitrogens with zero attached hydrogens (tertiary/aromatic N) is 1. The van der Waals surface area contributed by atoms with Gasteiger partial charge in [-0.05, 0) is 60.5 Å². The van der Waals surface area contributed by atoms with Crippen LogP contribution in [0.15, 0.2) is 90.0 Å². The lowest BCUT2D eigenvalue weighted by Gasteiger charge is -2.40. The van der Waals surface area contributed by atoms with Gasteiger partial charge in [0.1, 0.15) is 52.3 Å². The fraction of sp³-hybridized carbons (Fsp3) is 0.310. The number of urea groups is 1. The Labute approximate surface area is 351 Å². The highest BCUT2D eigenvalue weighted by atomic mass is 32.2. The van der Waals surface area contributed by atoms with Gasteiger partial charge in [0.25, 0.3) is 5.91 Å². The van der Waals surface area contributed by atoms with Crippen LogP contribution in [-0.4, -0.2) is 104 Å². The Morgan fingerprint density at radius 3 is 2.25 bits per heavy atom. The number of amides is 3. The van der Waals surface area contributed by atoms with Crippen LogP contribution in [-0.2, 0) is 20.2 Å². The number of fused-ring (bicyclic) bond motifs is 1. The minimum atomic E-state index is -3.95. The lowest BCUT2D eigenvalue weighted by molar-refractivity contribution is -0.252. The summed E-state index contributed by atoms with van der Waals surface area (Å²) in [6.07, 6.45) is -4.55. The van der Waals surface area contributed by atoms with Crippen LogP contribution >= 0.6 is 0 Å². The maximum absolute atomic E-state index is 13.5. The van der Waals surface area contributed by atoms with Gasteiger partial charge in [-0.25, -0.2) is 22.9 Å². The Morgan fingerprint density at radius 2 is 1.57 bits per heavy atom. The average Bonchev–Trinajstić information content (AvgIpc) is 3.23. The number of benzene rings is 4. The molecular weight excluding hydrogens is 813 g/mol. The molecule has 3 amide bonds. The van der Waals surface area contributed by atoms with E-state index in [9.17, 15) is 38.4 Å². The summed E-state index contributed by atoms with van der Waals surface area (Å²) in [4.78, 5) is 31.0. The summed E-state index contributed by atoms with van der Waals surface area (Å²) in [6.45, 7) is 5.13. The number of anilines is 4. The van der Waals surface area contributed by atoms with Crippen LogP contribution < -0.4 is 40.2 Å². The van der Waals surface area contributed by atoms with Crippen molar-refractivity contribution in [2.24, 2.45) is 0 Å². The zero-order valence-corrected chi connectivity index (χ0v) is 34.9. The van der Waals surface area contributed by atoms with Crippen LogP contribution in [0.2, 0.25) is 0 Å². The third-order valence-electron chi connectivity index (χ3n) is 9.94. The fourth-order valence-corrected chi connectivity index (χ4v) is 7.59. The van der Waals surface area contributed by atoms with Gasteiger partial charge in [-0.2, -0.15) is 0 Å². The molecule has 61 heavy (non-hydrogen) atoms. The third-order valence-corrected chi connectivity index (χ3v) is 11.4. The summed E-state index contributed by atoms with van der Waals surface area (Å²) in [6, 6.07) is 19.7. The summed E-state index contributed by atoms with van der Waals surface area (Å²) in [5.41, 5.74) is 1.36. The Kier molecular flexibility index (Phi) is 13.3. The van der Waals surface area contributed by atoms with Crippen molar-refractivity contribution in [3.8, 4) is 23.0 Å². The predicted octanol–water partition coefficient (Wildman–Crippen LogP) is 4.17. The first kappa shape index (κ1) is 44.5. The average molecular weight is 861 g/mol. The number of aliphatic hydroxyl groups is 4. The zero-order chi connectivity index (χ0) is 44.2. The van der Waals surface area contributed by atoms with Crippen molar-refractivity contribution in [2.45, 2.75) is 61.7 Å². The number of pyridine rings is 1. The Morgan fingerprint density at radius 1 is 0.852 bits per heavy atom. The zero-order valence-electron chi connectivity index (χ0n) is 34.1. The maximum atomic E-state index is 13.5. The van der Waals surface area contributed by atoms with E-state index in [0.29, 0.717) is 45.0 Å². The van der Waals surface area contributed by atoms with Crippen LogP contribution in [0.5, 0.6) is 23.0 Å². The van der Waals surface area contributed by atoms with Crippen LogP contribution in [0.4, 0.5) is 27.7 Å². The van der Waals surface area contributed by atoms with Crippen molar-refractivity contribution in [3.63, 3.8) is 0 Å². The Hall–Kier alpha value is -6.06. The van der Waals surface area contributed by atoms with Gasteiger partial charge >= 0.3 is 6.03 Å². The van der Waals surface area contributed by atoms with Crippen molar-refractivity contribution in [1.29, 1.82) is 0 Å². The highest BCUT2D eigenvalue weighted by Crippen LogP contribution is 2.39. The molecule has 0 spiro atoms. The highest BCUT2D eigenvalue weighted by Gasteiger charge is 2.44. The first-order valence-corrected chi connectivity index (χ1v) is 20.4. The molecule has 0 aliphatic carbocycles. The number of aliphatic hydroxyl groups excluding tert-OH is 4. The summed E-state index contributed by atoms with van der Waals surface area (Å²) in [7, 11) is 0.0376. The first-order valence-electron chi connectivity index (χ1n) is 18.9.